The molecule has 2 heterocycles. The minimum Gasteiger partial charge on any atom is -0.492 e. The van der Waals surface area contributed by atoms with Gasteiger partial charge < -0.3 is 15.2 Å². The Hall–Kier alpha value is -0.560. The smallest absolute Gasteiger partial charge is 0.123 e. The van der Waals surface area contributed by atoms with Crippen LogP contribution in [-0.2, 0) is 11.3 Å². The second-order valence-corrected chi connectivity index (χ2v) is 6.55. The molecule has 2 aliphatic rings. The lowest BCUT2D eigenvalue weighted by Crippen LogP contribution is -2.42. The first kappa shape index (κ1) is 22.5. The van der Waals surface area contributed by atoms with Gasteiger partial charge in [0.05, 0.1) is 13.2 Å². The Labute approximate surface area is 163 Å². The minimum atomic E-state index is 0. The van der Waals surface area contributed by atoms with Crippen LogP contribution in [0.4, 0.5) is 0 Å². The molecule has 144 valence electrons. The molecule has 0 bridgehead atoms. The van der Waals surface area contributed by atoms with E-state index in [9.17, 15) is 0 Å². The summed E-state index contributed by atoms with van der Waals surface area (Å²) in [5.74, 6) is 1.01. The lowest BCUT2D eigenvalue weighted by molar-refractivity contribution is 0.0321. The van der Waals surface area contributed by atoms with Gasteiger partial charge in [0, 0.05) is 44.3 Å². The molecule has 0 radical (unpaired) electrons. The van der Waals surface area contributed by atoms with Crippen molar-refractivity contribution >= 4 is 24.8 Å². The molecule has 2 aliphatic heterocycles. The summed E-state index contributed by atoms with van der Waals surface area (Å²) in [6.07, 6.45) is 2.34. The molecule has 2 N–H and O–H groups in total. The Morgan fingerprint density at radius 3 is 2.60 bits per heavy atom. The van der Waals surface area contributed by atoms with E-state index in [0.717, 1.165) is 71.3 Å². The molecule has 0 amide bonds. The highest BCUT2D eigenvalue weighted by molar-refractivity contribution is 5.85. The predicted octanol–water partition coefficient (Wildman–Crippen LogP) is 2.16. The summed E-state index contributed by atoms with van der Waals surface area (Å²) in [5.41, 5.74) is 7.36. The van der Waals surface area contributed by atoms with Gasteiger partial charge in [-0.15, -0.1) is 24.8 Å². The van der Waals surface area contributed by atoms with Gasteiger partial charge in [-0.2, -0.15) is 0 Å². The Bertz CT molecular complexity index is 487. The van der Waals surface area contributed by atoms with E-state index in [1.807, 2.05) is 0 Å². The molecular formula is C18H31Cl2N3O2. The van der Waals surface area contributed by atoms with Gasteiger partial charge in [0.25, 0.3) is 0 Å². The van der Waals surface area contributed by atoms with Crippen molar-refractivity contribution < 1.29 is 9.47 Å². The highest BCUT2D eigenvalue weighted by Crippen LogP contribution is 2.21. The summed E-state index contributed by atoms with van der Waals surface area (Å²) in [4.78, 5) is 4.84. The number of nitrogens with two attached hydrogens (primary N) is 1. The van der Waals surface area contributed by atoms with Crippen LogP contribution in [0.1, 0.15) is 18.4 Å². The maximum atomic E-state index is 6.09. The van der Waals surface area contributed by atoms with E-state index in [2.05, 4.69) is 34.1 Å². The van der Waals surface area contributed by atoms with E-state index >= 15 is 0 Å². The van der Waals surface area contributed by atoms with Gasteiger partial charge >= 0.3 is 0 Å². The first-order valence-corrected chi connectivity index (χ1v) is 8.80. The number of benzene rings is 1. The van der Waals surface area contributed by atoms with E-state index in [-0.39, 0.29) is 24.8 Å². The first-order chi connectivity index (χ1) is 11.3. The Kier molecular flexibility index (Phi) is 10.7. The van der Waals surface area contributed by atoms with Gasteiger partial charge in [-0.1, -0.05) is 18.2 Å². The van der Waals surface area contributed by atoms with Crippen molar-refractivity contribution in [3.05, 3.63) is 29.8 Å². The van der Waals surface area contributed by atoms with Gasteiger partial charge in [-0.25, -0.2) is 0 Å². The third kappa shape index (κ3) is 7.29. The third-order valence-corrected chi connectivity index (χ3v) is 4.68. The number of hydrogen-bond acceptors (Lipinski definition) is 5. The summed E-state index contributed by atoms with van der Waals surface area (Å²) in [6, 6.07) is 8.71. The van der Waals surface area contributed by atoms with E-state index < -0.39 is 0 Å². The number of likely N-dealkylation sites (tertiary alicyclic amines) is 1. The predicted molar refractivity (Wildman–Crippen MR) is 106 cm³/mol. The van der Waals surface area contributed by atoms with Crippen molar-refractivity contribution in [3.8, 4) is 5.75 Å². The van der Waals surface area contributed by atoms with Crippen molar-refractivity contribution in [1.29, 1.82) is 0 Å². The Morgan fingerprint density at radius 1 is 1.08 bits per heavy atom. The molecule has 0 aromatic heterocycles. The highest BCUT2D eigenvalue weighted by Gasteiger charge is 2.18. The van der Waals surface area contributed by atoms with Gasteiger partial charge in [0.2, 0.25) is 0 Å². The molecule has 7 heteroatoms. The molecule has 2 saturated heterocycles. The van der Waals surface area contributed by atoms with Crippen molar-refractivity contribution in [3.63, 3.8) is 0 Å². The number of morpholine rings is 1. The fraction of sp³-hybridized carbons (Fsp3) is 0.667. The van der Waals surface area contributed by atoms with Crippen LogP contribution in [0, 0.1) is 0 Å². The number of piperidine rings is 1. The second kappa shape index (κ2) is 11.9. The quantitative estimate of drug-likeness (QED) is 0.804. The van der Waals surface area contributed by atoms with E-state index in [1.54, 1.807) is 0 Å². The maximum absolute atomic E-state index is 6.09. The topological polar surface area (TPSA) is 51.0 Å². The fourth-order valence-electron chi connectivity index (χ4n) is 3.36. The van der Waals surface area contributed by atoms with Crippen LogP contribution in [0.15, 0.2) is 24.3 Å². The number of hydrogen-bond donors (Lipinski definition) is 1. The monoisotopic (exact) mass is 391 g/mol. The molecule has 5 nitrogen and oxygen atoms in total. The van der Waals surface area contributed by atoms with Crippen LogP contribution in [-0.4, -0.2) is 68.4 Å². The summed E-state index contributed by atoms with van der Waals surface area (Å²) < 4.78 is 11.4. The summed E-state index contributed by atoms with van der Waals surface area (Å²) >= 11 is 0. The van der Waals surface area contributed by atoms with Crippen LogP contribution in [0.2, 0.25) is 0 Å². The number of halogens is 2. The summed E-state index contributed by atoms with van der Waals surface area (Å²) in [5, 5.41) is 0. The zero-order chi connectivity index (χ0) is 15.9. The maximum Gasteiger partial charge on any atom is 0.123 e. The number of nitrogens with zero attached hydrogens (tertiary/aromatic N) is 2. The second-order valence-electron chi connectivity index (χ2n) is 6.55. The molecule has 1 atom stereocenters. The fourth-order valence-corrected chi connectivity index (χ4v) is 3.36. The molecule has 25 heavy (non-hydrogen) atoms. The molecular weight excluding hydrogens is 361 g/mol. The number of ether oxygens (including phenoxy) is 2. The summed E-state index contributed by atoms with van der Waals surface area (Å²) in [7, 11) is 0. The van der Waals surface area contributed by atoms with Crippen LogP contribution in [0.3, 0.4) is 0 Å². The van der Waals surface area contributed by atoms with E-state index in [4.69, 9.17) is 15.2 Å². The molecule has 2 fully saturated rings. The van der Waals surface area contributed by atoms with Gasteiger partial charge in [-0.05, 0) is 25.5 Å². The van der Waals surface area contributed by atoms with Crippen LogP contribution in [0.5, 0.6) is 5.75 Å². The first-order valence-electron chi connectivity index (χ1n) is 8.80. The number of rotatable bonds is 6. The van der Waals surface area contributed by atoms with E-state index in [0.29, 0.717) is 6.04 Å². The molecule has 0 spiro atoms. The molecule has 3 rings (SSSR count). The van der Waals surface area contributed by atoms with Crippen molar-refractivity contribution in [1.82, 2.24) is 9.80 Å². The van der Waals surface area contributed by atoms with Crippen LogP contribution in [0.25, 0.3) is 0 Å². The standard InChI is InChI=1S/C18H29N3O2.2ClH/c19-17-5-3-7-21(15-17)14-16-4-1-2-6-18(16)23-13-10-20-8-11-22-12-9-20;;/h1-2,4,6,17H,3,5,7-15,19H2;2*1H. The summed E-state index contributed by atoms with van der Waals surface area (Å²) in [6.45, 7) is 8.45. The van der Waals surface area contributed by atoms with Crippen molar-refractivity contribution in [2.45, 2.75) is 25.4 Å². The molecule has 1 unspecified atom stereocenters. The molecule has 0 aliphatic carbocycles. The van der Waals surface area contributed by atoms with Gasteiger partial charge in [0.1, 0.15) is 12.4 Å². The molecule has 0 saturated carbocycles. The van der Waals surface area contributed by atoms with Crippen molar-refractivity contribution in [2.24, 2.45) is 5.73 Å². The largest absolute Gasteiger partial charge is 0.492 e. The van der Waals surface area contributed by atoms with Gasteiger partial charge in [-0.3, -0.25) is 9.80 Å². The van der Waals surface area contributed by atoms with E-state index in [1.165, 1.54) is 12.0 Å². The van der Waals surface area contributed by atoms with Crippen LogP contribution < -0.4 is 10.5 Å². The normalized spacial score (nSPS) is 21.9. The Balaban J connectivity index is 0.00000156. The number of para-hydroxylation sites is 1. The lowest BCUT2D eigenvalue weighted by atomic mass is 10.1. The molecule has 1 aromatic rings. The lowest BCUT2D eigenvalue weighted by Gasteiger charge is -2.31. The zero-order valence-electron chi connectivity index (χ0n) is 14.8. The van der Waals surface area contributed by atoms with Gasteiger partial charge in [0.15, 0.2) is 0 Å². The Morgan fingerprint density at radius 2 is 1.84 bits per heavy atom. The van der Waals surface area contributed by atoms with Crippen molar-refractivity contribution in [2.75, 3.05) is 52.5 Å². The average Bonchev–Trinajstić information content (AvgIpc) is 2.57. The minimum absolute atomic E-state index is 0. The SMILES string of the molecule is Cl.Cl.NC1CCCN(Cc2ccccc2OCCN2CCOCC2)C1. The third-order valence-electron chi connectivity index (χ3n) is 4.68. The highest BCUT2D eigenvalue weighted by atomic mass is 35.5. The molecule has 1 aromatic carbocycles. The average molecular weight is 392 g/mol. The zero-order valence-corrected chi connectivity index (χ0v) is 16.4. The van der Waals surface area contributed by atoms with Crippen LogP contribution >= 0.6 is 24.8 Å².